The van der Waals surface area contributed by atoms with Crippen LogP contribution in [0.1, 0.15) is 26.5 Å². The van der Waals surface area contributed by atoms with Gasteiger partial charge in [-0.2, -0.15) is 0 Å². The van der Waals surface area contributed by atoms with Gasteiger partial charge in [-0.3, -0.25) is 9.59 Å². The maximum Gasteiger partial charge on any atom is 0.360 e. The summed E-state index contributed by atoms with van der Waals surface area (Å²) < 4.78 is 4.43. The molecular weight excluding hydrogens is 666 g/mol. The highest BCUT2D eigenvalue weighted by molar-refractivity contribution is 7.09. The van der Waals surface area contributed by atoms with Crippen molar-refractivity contribution in [1.82, 2.24) is 25.3 Å². The summed E-state index contributed by atoms with van der Waals surface area (Å²) in [5.74, 6) is -4.20. The van der Waals surface area contributed by atoms with Gasteiger partial charge >= 0.3 is 18.0 Å². The topological polar surface area (TPSA) is 263 Å². The summed E-state index contributed by atoms with van der Waals surface area (Å²) in [5, 5.41) is 40.3. The second-order valence-electron chi connectivity index (χ2n) is 8.86. The van der Waals surface area contributed by atoms with Crippen molar-refractivity contribution >= 4 is 63.6 Å². The molecule has 0 atom stereocenters. The van der Waals surface area contributed by atoms with Crippen LogP contribution in [0.2, 0.25) is 5.02 Å². The molecule has 16 nitrogen and oxygen atoms in total. The second-order valence-corrected chi connectivity index (χ2v) is 10.8. The fraction of sp³-hybridized carbons (Fsp3) is 0.0741. The SMILES string of the molecule is COC(=O)c1nc(-c2cscc2N)[nH]c(=O)c1O.O=C(NCc1ccccc1Cl)Nc1cscc1-c1nc(C(=O)O)c(O)c(=O)[nH]1. The van der Waals surface area contributed by atoms with Crippen LogP contribution in [0.15, 0.2) is 55.4 Å². The second kappa shape index (κ2) is 14.4. The predicted octanol–water partition coefficient (Wildman–Crippen LogP) is 3.45. The minimum absolute atomic E-state index is 0.0946. The van der Waals surface area contributed by atoms with Gasteiger partial charge in [-0.25, -0.2) is 24.4 Å². The van der Waals surface area contributed by atoms with Crippen LogP contribution in [0, 0.1) is 0 Å². The summed E-state index contributed by atoms with van der Waals surface area (Å²) in [7, 11) is 1.13. The molecule has 46 heavy (non-hydrogen) atoms. The standard InChI is InChI=1S/C17H13ClN4O5S.C10H9N3O4S/c18-10-4-2-1-3-8(10)5-19-17(27)20-11-7-28-6-9(11)14-21-12(16(25)26)13(23)15(24)22-14;1-17-10(16)6-7(14)9(15)13-8(12-6)4-2-18-3-5(4)11/h1-4,6-7,23H,5H2,(H,25,26)(H2,19,20,27)(H,21,22,24);2-3,14H,11H2,1H3,(H,12,13,15). The Balaban J connectivity index is 0.000000230. The van der Waals surface area contributed by atoms with Crippen LogP contribution in [-0.4, -0.2) is 60.3 Å². The summed E-state index contributed by atoms with van der Waals surface area (Å²) >= 11 is 8.58. The number of carboxylic acids is 1. The lowest BCUT2D eigenvalue weighted by molar-refractivity contribution is 0.0589. The molecule has 0 bridgehead atoms. The smallest absolute Gasteiger partial charge is 0.360 e. The monoisotopic (exact) mass is 687 g/mol. The van der Waals surface area contributed by atoms with E-state index in [4.69, 9.17) is 22.4 Å². The van der Waals surface area contributed by atoms with Gasteiger partial charge in [0, 0.05) is 33.1 Å². The van der Waals surface area contributed by atoms with Gasteiger partial charge in [-0.15, -0.1) is 22.7 Å². The molecule has 19 heteroatoms. The largest absolute Gasteiger partial charge is 0.501 e. The van der Waals surface area contributed by atoms with Crippen molar-refractivity contribution in [2.45, 2.75) is 6.54 Å². The number of carbonyl (C=O) groups is 3. The zero-order valence-electron chi connectivity index (χ0n) is 23.3. The molecule has 238 valence electrons. The van der Waals surface area contributed by atoms with Crippen LogP contribution in [0.25, 0.3) is 22.8 Å². The minimum Gasteiger partial charge on any atom is -0.501 e. The number of carbonyl (C=O) groups excluding carboxylic acids is 2. The first kappa shape index (κ1) is 33.2. The highest BCUT2D eigenvalue weighted by Crippen LogP contribution is 2.30. The van der Waals surface area contributed by atoms with Crippen molar-refractivity contribution in [3.63, 3.8) is 0 Å². The number of aromatic carboxylic acids is 1. The van der Waals surface area contributed by atoms with Crippen LogP contribution in [0.4, 0.5) is 16.2 Å². The summed E-state index contributed by atoms with van der Waals surface area (Å²) in [6.07, 6.45) is 0. The van der Waals surface area contributed by atoms with Gasteiger partial charge in [-0.05, 0) is 11.6 Å². The summed E-state index contributed by atoms with van der Waals surface area (Å²) in [4.78, 5) is 70.2. The van der Waals surface area contributed by atoms with E-state index in [1.165, 1.54) is 22.7 Å². The fourth-order valence-electron chi connectivity index (χ4n) is 3.64. The maximum atomic E-state index is 12.2. The first-order valence-corrected chi connectivity index (χ1v) is 14.8. The number of thiophene rings is 2. The van der Waals surface area contributed by atoms with Gasteiger partial charge in [0.2, 0.25) is 11.5 Å². The number of nitrogens with one attached hydrogen (secondary N) is 4. The van der Waals surface area contributed by atoms with Crippen molar-refractivity contribution < 1.29 is 34.4 Å². The molecule has 0 saturated heterocycles. The van der Waals surface area contributed by atoms with Crippen molar-refractivity contribution in [1.29, 1.82) is 0 Å². The van der Waals surface area contributed by atoms with Crippen LogP contribution in [-0.2, 0) is 11.3 Å². The van der Waals surface area contributed by atoms with Gasteiger partial charge in [0.05, 0.1) is 29.6 Å². The number of carboxylic acid groups (broad SMARTS) is 1. The molecule has 9 N–H and O–H groups in total. The number of aromatic amines is 2. The average Bonchev–Trinajstić information content (AvgIpc) is 3.67. The zero-order chi connectivity index (χ0) is 33.5. The molecule has 4 aromatic heterocycles. The van der Waals surface area contributed by atoms with E-state index >= 15 is 0 Å². The summed E-state index contributed by atoms with van der Waals surface area (Å²) in [6.45, 7) is 0.197. The highest BCUT2D eigenvalue weighted by Gasteiger charge is 2.21. The number of halogens is 1. The van der Waals surface area contributed by atoms with Crippen LogP contribution < -0.4 is 27.5 Å². The molecular formula is C27H22ClN7O9S2. The Morgan fingerprint density at radius 2 is 1.52 bits per heavy atom. The molecule has 5 aromatic rings. The third-order valence-electron chi connectivity index (χ3n) is 5.88. The van der Waals surface area contributed by atoms with E-state index in [0.29, 0.717) is 27.5 Å². The van der Waals surface area contributed by atoms with E-state index in [0.717, 1.165) is 12.7 Å². The first-order chi connectivity index (χ1) is 21.9. The van der Waals surface area contributed by atoms with Gasteiger partial charge in [0.1, 0.15) is 11.6 Å². The predicted molar refractivity (Wildman–Crippen MR) is 170 cm³/mol. The highest BCUT2D eigenvalue weighted by atomic mass is 35.5. The molecule has 5 rings (SSSR count). The number of benzene rings is 1. The van der Waals surface area contributed by atoms with Crippen molar-refractivity contribution in [2.24, 2.45) is 0 Å². The van der Waals surface area contributed by atoms with Crippen LogP contribution in [0.5, 0.6) is 11.5 Å². The first-order valence-electron chi connectivity index (χ1n) is 12.6. The summed E-state index contributed by atoms with van der Waals surface area (Å²) in [6, 6.07) is 6.53. The Morgan fingerprint density at radius 1 is 0.935 bits per heavy atom. The number of aromatic hydroxyl groups is 2. The number of H-pyrrole nitrogens is 2. The van der Waals surface area contributed by atoms with Gasteiger partial charge < -0.3 is 46.4 Å². The molecule has 0 radical (unpaired) electrons. The van der Waals surface area contributed by atoms with Crippen LogP contribution >= 0.6 is 34.3 Å². The van der Waals surface area contributed by atoms with Crippen molar-refractivity contribution in [2.75, 3.05) is 18.2 Å². The number of anilines is 2. The van der Waals surface area contributed by atoms with Gasteiger partial charge in [-0.1, -0.05) is 29.8 Å². The third-order valence-corrected chi connectivity index (χ3v) is 7.75. The lowest BCUT2D eigenvalue weighted by Gasteiger charge is -2.10. The number of nitrogens with two attached hydrogens (primary N) is 1. The van der Waals surface area contributed by atoms with E-state index in [2.05, 4.69) is 35.3 Å². The number of methoxy groups -OCH3 is 1. The molecule has 0 spiro atoms. The van der Waals surface area contributed by atoms with E-state index in [1.54, 1.807) is 45.8 Å². The lowest BCUT2D eigenvalue weighted by Crippen LogP contribution is -2.28. The number of aromatic nitrogens is 4. The van der Waals surface area contributed by atoms with E-state index in [-0.39, 0.29) is 18.2 Å². The number of hydrogen-bond acceptors (Lipinski definition) is 13. The number of ether oxygens (including phenoxy) is 1. The zero-order valence-corrected chi connectivity index (χ0v) is 25.7. The quantitative estimate of drug-likeness (QED) is 0.114. The van der Waals surface area contributed by atoms with E-state index < -0.39 is 52.0 Å². The number of rotatable bonds is 7. The Bertz CT molecular complexity index is 2060. The third kappa shape index (κ3) is 7.49. The molecule has 0 aliphatic heterocycles. The van der Waals surface area contributed by atoms with Crippen molar-refractivity contribution in [3.05, 3.63) is 88.5 Å². The number of esters is 1. The maximum absolute atomic E-state index is 12.2. The Hall–Kier alpha value is -5.72. The molecule has 0 aliphatic rings. The lowest BCUT2D eigenvalue weighted by atomic mass is 10.2. The molecule has 1 aromatic carbocycles. The molecule has 0 fully saturated rings. The molecule has 0 aliphatic carbocycles. The van der Waals surface area contributed by atoms with Crippen molar-refractivity contribution in [3.8, 4) is 34.3 Å². The van der Waals surface area contributed by atoms with E-state index in [9.17, 15) is 34.2 Å². The molecule has 2 amide bonds. The molecule has 0 unspecified atom stereocenters. The number of urea groups is 1. The number of nitrogens with zero attached hydrogens (tertiary/aromatic N) is 2. The van der Waals surface area contributed by atoms with Crippen LogP contribution in [0.3, 0.4) is 0 Å². The summed E-state index contributed by atoms with van der Waals surface area (Å²) in [5.41, 5.74) is 4.90. The van der Waals surface area contributed by atoms with Gasteiger partial charge in [0.15, 0.2) is 11.4 Å². The Kier molecular flexibility index (Phi) is 10.4. The fourth-order valence-corrected chi connectivity index (χ4v) is 5.33. The average molecular weight is 688 g/mol. The van der Waals surface area contributed by atoms with Gasteiger partial charge in [0.25, 0.3) is 11.1 Å². The minimum atomic E-state index is -1.55. The molecule has 0 saturated carbocycles. The molecule has 4 heterocycles. The van der Waals surface area contributed by atoms with E-state index in [1.807, 2.05) is 0 Å². The Morgan fingerprint density at radius 3 is 2.13 bits per heavy atom. The normalized spacial score (nSPS) is 10.4. The number of nitrogen functional groups attached to an aromatic ring is 1. The number of amides is 2. The number of hydrogen-bond donors (Lipinski definition) is 8. The Labute approximate surface area is 270 Å².